The highest BCUT2D eigenvalue weighted by molar-refractivity contribution is 8.76. The Kier molecular flexibility index (Phi) is 21.9. The van der Waals surface area contributed by atoms with Crippen LogP contribution >= 0.6 is 21.6 Å². The summed E-state index contributed by atoms with van der Waals surface area (Å²) in [5, 5.41) is 19.6. The topological polar surface area (TPSA) is 391 Å². The standard InChI is InChI=1S/C44H63N15O8S2/c1-24-37(62)57-33(20-26-10-4-3-5-11-26)40(65)56-32(15-9-18-51-44(48)49)39(64)58-34(21-27-22-52-29-13-7-6-12-28(27)29)41(66)55-30(36(45)61)16-19-68-69-23-35(42(67)53-24)59-38(63)31(54-25(2)60)14-8-17-50-43(46)47/h3-7,10-13,22,24,30-35,52H,8-9,14-21,23H2,1-2H3,(H2,45,61)(H,53,67)(H,54,60)(H,55,66)(H,56,65)(H,57,62)(H,58,64)(H,59,63)(H4,46,47,50)(H4,48,49,51)/t24-,30?,31+,32+,33-,34+,35+/m1/s1. The molecule has 3 aromatic rings. The molecule has 1 saturated heterocycles. The van der Waals surface area contributed by atoms with Gasteiger partial charge in [-0.05, 0) is 56.2 Å². The third-order valence-electron chi connectivity index (χ3n) is 10.7. The Bertz CT molecular complexity index is 2320. The molecule has 1 aromatic heterocycles. The molecule has 0 bridgehead atoms. The van der Waals surface area contributed by atoms with Gasteiger partial charge in [0.25, 0.3) is 0 Å². The van der Waals surface area contributed by atoms with Gasteiger partial charge in [-0.25, -0.2) is 0 Å². The zero-order chi connectivity index (χ0) is 50.5. The van der Waals surface area contributed by atoms with Gasteiger partial charge in [0.15, 0.2) is 11.9 Å². The number of rotatable bonds is 16. The van der Waals surface area contributed by atoms with E-state index in [9.17, 15) is 38.4 Å². The molecule has 0 spiro atoms. The first-order valence-corrected chi connectivity index (χ1v) is 24.7. The van der Waals surface area contributed by atoms with Crippen LogP contribution in [0.1, 0.15) is 57.1 Å². The second-order valence-electron chi connectivity index (χ2n) is 16.2. The maximum atomic E-state index is 14.4. The average Bonchev–Trinajstić information content (AvgIpc) is 3.71. The Hall–Kier alpha value is -7.02. The molecule has 4 rings (SSSR count). The van der Waals surface area contributed by atoms with E-state index in [4.69, 9.17) is 28.7 Å². The van der Waals surface area contributed by atoms with Gasteiger partial charge in [-0.3, -0.25) is 48.3 Å². The number of para-hydroxylation sites is 1. The van der Waals surface area contributed by atoms with Crippen molar-refractivity contribution in [1.29, 1.82) is 0 Å². The Morgan fingerprint density at radius 3 is 2.01 bits per heavy atom. The number of aromatic amines is 1. The van der Waals surface area contributed by atoms with E-state index in [1.54, 1.807) is 36.5 Å². The number of carbonyl (C=O) groups is 8. The lowest BCUT2D eigenvalue weighted by Crippen LogP contribution is -2.60. The van der Waals surface area contributed by atoms with E-state index >= 15 is 0 Å². The van der Waals surface area contributed by atoms with Crippen molar-refractivity contribution in [3.8, 4) is 0 Å². The Labute approximate surface area is 407 Å². The normalized spacial score (nSPS) is 21.6. The zero-order valence-corrected chi connectivity index (χ0v) is 40.1. The summed E-state index contributed by atoms with van der Waals surface area (Å²) in [6, 6.07) is 7.41. The predicted octanol–water partition coefficient (Wildman–Crippen LogP) is -2.24. The number of nitrogens with zero attached hydrogens (tertiary/aromatic N) is 2. The van der Waals surface area contributed by atoms with E-state index in [-0.39, 0.29) is 75.0 Å². The quantitative estimate of drug-likeness (QED) is 0.0313. The largest absolute Gasteiger partial charge is 0.370 e. The summed E-state index contributed by atoms with van der Waals surface area (Å²) in [7, 11) is 2.36. The molecule has 69 heavy (non-hydrogen) atoms. The number of nitrogens with two attached hydrogens (primary N) is 5. The molecule has 0 radical (unpaired) electrons. The fraction of sp³-hybridized carbons (Fsp3) is 0.455. The van der Waals surface area contributed by atoms with E-state index in [0.29, 0.717) is 17.5 Å². The highest BCUT2D eigenvalue weighted by Gasteiger charge is 2.34. The molecule has 8 amide bonds. The van der Waals surface area contributed by atoms with Crippen LogP contribution in [0.25, 0.3) is 10.9 Å². The number of hydrogen-bond donors (Lipinski definition) is 13. The minimum Gasteiger partial charge on any atom is -0.370 e. The van der Waals surface area contributed by atoms with E-state index in [0.717, 1.165) is 21.7 Å². The first-order chi connectivity index (χ1) is 32.9. The van der Waals surface area contributed by atoms with Crippen LogP contribution in [0, 0.1) is 0 Å². The molecule has 1 fully saturated rings. The number of aliphatic imine (C=N–C) groups is 2. The third kappa shape index (κ3) is 18.5. The van der Waals surface area contributed by atoms with Gasteiger partial charge in [0.05, 0.1) is 0 Å². The van der Waals surface area contributed by atoms with Gasteiger partial charge < -0.3 is 70.9 Å². The van der Waals surface area contributed by atoms with Crippen LogP contribution in [0.15, 0.2) is 70.8 Å². The van der Waals surface area contributed by atoms with Gasteiger partial charge in [-0.1, -0.05) is 70.1 Å². The molecule has 25 heteroatoms. The third-order valence-corrected chi connectivity index (χ3v) is 13.2. The summed E-state index contributed by atoms with van der Waals surface area (Å²) in [6.45, 7) is 2.89. The molecule has 1 unspecified atom stereocenters. The van der Waals surface area contributed by atoms with Crippen molar-refractivity contribution >= 4 is 91.7 Å². The fourth-order valence-electron chi connectivity index (χ4n) is 7.15. The molecule has 18 N–H and O–H groups in total. The van der Waals surface area contributed by atoms with Gasteiger partial charge in [0.1, 0.15) is 42.3 Å². The van der Waals surface area contributed by atoms with Gasteiger partial charge >= 0.3 is 0 Å². The molecule has 7 atom stereocenters. The SMILES string of the molecule is CC(=O)N[C@@H](CCCN=C(N)N)C(=O)N[C@H]1CSSCCC(C(N)=O)NC(=O)[C@H](Cc2c[nH]c3ccccc23)NC(=O)[C@H](CCCN=C(N)N)NC(=O)[C@@H](Cc2ccccc2)NC(=O)[C@@H](C)NC1=O. The predicted molar refractivity (Wildman–Crippen MR) is 266 cm³/mol. The van der Waals surface area contributed by atoms with E-state index in [1.165, 1.54) is 24.6 Å². The average molecular weight is 994 g/mol. The minimum atomic E-state index is -1.30. The molecule has 2 heterocycles. The maximum Gasteiger partial charge on any atom is 0.244 e. The number of fused-ring (bicyclic) bond motifs is 1. The van der Waals surface area contributed by atoms with Crippen molar-refractivity contribution < 1.29 is 38.4 Å². The number of hydrogen-bond acceptors (Lipinski definition) is 12. The van der Waals surface area contributed by atoms with E-state index < -0.39 is 89.6 Å². The van der Waals surface area contributed by atoms with Crippen molar-refractivity contribution in [2.45, 2.75) is 101 Å². The fourth-order valence-corrected chi connectivity index (χ4v) is 9.41. The second-order valence-corrected chi connectivity index (χ2v) is 18.9. The summed E-state index contributed by atoms with van der Waals surface area (Å²) in [6.07, 6.45) is 2.26. The molecular weight excluding hydrogens is 931 g/mol. The van der Waals surface area contributed by atoms with Crippen LogP contribution in [-0.4, -0.2) is 131 Å². The van der Waals surface area contributed by atoms with Crippen molar-refractivity contribution in [2.75, 3.05) is 24.6 Å². The zero-order valence-electron chi connectivity index (χ0n) is 38.5. The van der Waals surface area contributed by atoms with Gasteiger partial charge in [0.2, 0.25) is 47.3 Å². The molecule has 0 saturated carbocycles. The number of benzene rings is 2. The van der Waals surface area contributed by atoms with Crippen molar-refractivity contribution in [2.24, 2.45) is 38.7 Å². The highest BCUT2D eigenvalue weighted by atomic mass is 33.1. The molecule has 1 aliphatic rings. The van der Waals surface area contributed by atoms with Gasteiger partial charge in [-0.15, -0.1) is 0 Å². The van der Waals surface area contributed by atoms with Crippen molar-refractivity contribution in [1.82, 2.24) is 42.2 Å². The van der Waals surface area contributed by atoms with Gasteiger partial charge in [-0.2, -0.15) is 0 Å². The van der Waals surface area contributed by atoms with Crippen LogP contribution in [0.4, 0.5) is 0 Å². The van der Waals surface area contributed by atoms with Gasteiger partial charge in [0, 0.05) is 61.5 Å². The number of primary amides is 1. The lowest BCUT2D eigenvalue weighted by atomic mass is 10.0. The molecular formula is C44H63N15O8S2. The maximum absolute atomic E-state index is 14.4. The van der Waals surface area contributed by atoms with Crippen LogP contribution in [0.2, 0.25) is 0 Å². The molecule has 23 nitrogen and oxygen atoms in total. The highest BCUT2D eigenvalue weighted by Crippen LogP contribution is 2.24. The van der Waals surface area contributed by atoms with E-state index in [2.05, 4.69) is 52.2 Å². The van der Waals surface area contributed by atoms with Crippen LogP contribution in [-0.2, 0) is 51.2 Å². The Morgan fingerprint density at radius 2 is 1.33 bits per heavy atom. The molecule has 374 valence electrons. The monoisotopic (exact) mass is 993 g/mol. The second kappa shape index (κ2) is 27.7. The number of amides is 8. The van der Waals surface area contributed by atoms with Crippen LogP contribution < -0.4 is 65.9 Å². The number of nitrogens with one attached hydrogen (secondary N) is 8. The van der Waals surface area contributed by atoms with Crippen molar-refractivity contribution in [3.05, 3.63) is 71.9 Å². The van der Waals surface area contributed by atoms with Crippen LogP contribution in [0.3, 0.4) is 0 Å². The first-order valence-electron chi connectivity index (χ1n) is 22.2. The van der Waals surface area contributed by atoms with Crippen molar-refractivity contribution in [3.63, 3.8) is 0 Å². The molecule has 2 aromatic carbocycles. The van der Waals surface area contributed by atoms with E-state index in [1.807, 2.05) is 24.3 Å². The summed E-state index contributed by atoms with van der Waals surface area (Å²) in [4.78, 5) is 121. The number of carbonyl (C=O) groups excluding carboxylic acids is 8. The Morgan fingerprint density at radius 1 is 0.725 bits per heavy atom. The number of guanidine groups is 2. The Balaban J connectivity index is 1.71. The van der Waals surface area contributed by atoms with Crippen LogP contribution in [0.5, 0.6) is 0 Å². The minimum absolute atomic E-state index is 0.0147. The lowest BCUT2D eigenvalue weighted by Gasteiger charge is -2.27. The number of H-pyrrole nitrogens is 1. The summed E-state index contributed by atoms with van der Waals surface area (Å²) in [5.74, 6) is -6.02. The summed E-state index contributed by atoms with van der Waals surface area (Å²) in [5.41, 5.74) is 29.8. The smallest absolute Gasteiger partial charge is 0.244 e. The molecule has 0 aliphatic carbocycles. The number of aromatic nitrogens is 1. The molecule has 1 aliphatic heterocycles. The first kappa shape index (κ1) is 54.6. The summed E-state index contributed by atoms with van der Waals surface area (Å²) < 4.78 is 0. The summed E-state index contributed by atoms with van der Waals surface area (Å²) >= 11 is 0. The lowest BCUT2D eigenvalue weighted by molar-refractivity contribution is -0.135.